The van der Waals surface area contributed by atoms with Crippen molar-refractivity contribution in [2.75, 3.05) is 44.8 Å². The van der Waals surface area contributed by atoms with Crippen molar-refractivity contribution in [3.63, 3.8) is 0 Å². The average molecular weight is 343 g/mol. The number of sulfonamides is 1. The van der Waals surface area contributed by atoms with Gasteiger partial charge in [0.2, 0.25) is 15.9 Å². The van der Waals surface area contributed by atoms with Gasteiger partial charge in [0, 0.05) is 13.1 Å². The fourth-order valence-electron chi connectivity index (χ4n) is 2.19. The lowest BCUT2D eigenvalue weighted by Crippen LogP contribution is -2.40. The molecule has 1 aliphatic heterocycles. The number of nitrogens with two attached hydrogens (primary N) is 1. The molecule has 128 valence electrons. The molecule has 3 N–H and O–H groups in total. The molecule has 1 saturated heterocycles. The Balaban J connectivity index is 2.34. The third-order valence-electron chi connectivity index (χ3n) is 3.32. The maximum Gasteiger partial charge on any atom is 0.243 e. The molecule has 1 aliphatic rings. The minimum Gasteiger partial charge on any atom is -0.492 e. The van der Waals surface area contributed by atoms with Gasteiger partial charge in [0.25, 0.3) is 0 Å². The van der Waals surface area contributed by atoms with Gasteiger partial charge < -0.3 is 20.5 Å². The van der Waals surface area contributed by atoms with E-state index in [2.05, 4.69) is 5.32 Å². The van der Waals surface area contributed by atoms with Crippen LogP contribution < -0.4 is 15.8 Å². The number of nitrogens with zero attached hydrogens (tertiary/aromatic N) is 1. The highest BCUT2D eigenvalue weighted by atomic mass is 32.2. The molecule has 1 amide bonds. The van der Waals surface area contributed by atoms with Gasteiger partial charge in [-0.25, -0.2) is 8.42 Å². The van der Waals surface area contributed by atoms with E-state index in [1.807, 2.05) is 0 Å². The molecule has 1 heterocycles. The van der Waals surface area contributed by atoms with Crippen LogP contribution in [0.2, 0.25) is 0 Å². The van der Waals surface area contributed by atoms with E-state index >= 15 is 0 Å². The lowest BCUT2D eigenvalue weighted by atomic mass is 10.3. The van der Waals surface area contributed by atoms with Gasteiger partial charge in [0.05, 0.1) is 36.9 Å². The highest BCUT2D eigenvalue weighted by Gasteiger charge is 2.27. The number of carbonyl (C=O) groups excluding carboxylic acids is 1. The highest BCUT2D eigenvalue weighted by Crippen LogP contribution is 2.29. The van der Waals surface area contributed by atoms with Gasteiger partial charge in [-0.1, -0.05) is 0 Å². The highest BCUT2D eigenvalue weighted by molar-refractivity contribution is 7.89. The van der Waals surface area contributed by atoms with Crippen LogP contribution in [0.4, 0.5) is 5.69 Å². The quantitative estimate of drug-likeness (QED) is 0.752. The number of rotatable bonds is 6. The number of nitrogens with one attached hydrogen (secondary N) is 1. The predicted octanol–water partition coefficient (Wildman–Crippen LogP) is 0.00340. The van der Waals surface area contributed by atoms with Gasteiger partial charge in [-0.05, 0) is 25.1 Å². The van der Waals surface area contributed by atoms with E-state index < -0.39 is 15.9 Å². The zero-order chi connectivity index (χ0) is 16.9. The molecule has 0 spiro atoms. The molecule has 0 bridgehead atoms. The van der Waals surface area contributed by atoms with Crippen LogP contribution in [0.3, 0.4) is 0 Å². The van der Waals surface area contributed by atoms with Crippen molar-refractivity contribution < 1.29 is 22.7 Å². The van der Waals surface area contributed by atoms with E-state index in [9.17, 15) is 13.2 Å². The first-order valence-electron chi connectivity index (χ1n) is 7.33. The Kier molecular flexibility index (Phi) is 5.94. The van der Waals surface area contributed by atoms with Crippen LogP contribution in [0.25, 0.3) is 0 Å². The number of morpholine rings is 1. The van der Waals surface area contributed by atoms with Gasteiger partial charge in [-0.2, -0.15) is 4.31 Å². The third kappa shape index (κ3) is 4.20. The van der Waals surface area contributed by atoms with Crippen molar-refractivity contribution in [3.8, 4) is 5.75 Å². The SMILES string of the molecule is CCOc1ccc(S(=O)(=O)N2CCOCC2)cc1NC(=O)CN. The second-order valence-corrected chi connectivity index (χ2v) is 6.80. The topological polar surface area (TPSA) is 111 Å². The minimum absolute atomic E-state index is 0.0928. The van der Waals surface area contributed by atoms with Crippen molar-refractivity contribution in [1.82, 2.24) is 4.31 Å². The molecule has 0 radical (unpaired) electrons. The Hall–Kier alpha value is -1.68. The monoisotopic (exact) mass is 343 g/mol. The molecule has 9 heteroatoms. The van der Waals surface area contributed by atoms with Crippen LogP contribution in [0.15, 0.2) is 23.1 Å². The summed E-state index contributed by atoms with van der Waals surface area (Å²) in [5, 5.41) is 2.56. The Morgan fingerprint density at radius 2 is 2.09 bits per heavy atom. The molecule has 8 nitrogen and oxygen atoms in total. The molecule has 1 aromatic carbocycles. The number of hydrogen-bond donors (Lipinski definition) is 2. The molecule has 0 aromatic heterocycles. The number of carbonyl (C=O) groups is 1. The van der Waals surface area contributed by atoms with Gasteiger partial charge in [0.15, 0.2) is 0 Å². The van der Waals surface area contributed by atoms with Crippen LogP contribution in [0.5, 0.6) is 5.75 Å². The van der Waals surface area contributed by atoms with Crippen molar-refractivity contribution in [2.45, 2.75) is 11.8 Å². The van der Waals surface area contributed by atoms with E-state index in [0.717, 1.165) is 0 Å². The number of hydrogen-bond acceptors (Lipinski definition) is 6. The lowest BCUT2D eigenvalue weighted by Gasteiger charge is -2.26. The normalized spacial score (nSPS) is 16.1. The van der Waals surface area contributed by atoms with Crippen LogP contribution >= 0.6 is 0 Å². The first-order chi connectivity index (χ1) is 11.0. The summed E-state index contributed by atoms with van der Waals surface area (Å²) in [5.41, 5.74) is 5.58. The summed E-state index contributed by atoms with van der Waals surface area (Å²) in [6, 6.07) is 4.39. The van der Waals surface area contributed by atoms with Gasteiger partial charge in [-0.15, -0.1) is 0 Å². The van der Waals surface area contributed by atoms with Crippen molar-refractivity contribution in [3.05, 3.63) is 18.2 Å². The van der Waals surface area contributed by atoms with Crippen molar-refractivity contribution in [1.29, 1.82) is 0 Å². The smallest absolute Gasteiger partial charge is 0.243 e. The Labute approximate surface area is 135 Å². The van der Waals surface area contributed by atoms with Crippen LogP contribution in [-0.4, -0.2) is 58.1 Å². The molecule has 0 aliphatic carbocycles. The molecular formula is C14H21N3O5S. The van der Waals surface area contributed by atoms with E-state index in [4.69, 9.17) is 15.2 Å². The second-order valence-electron chi connectivity index (χ2n) is 4.86. The van der Waals surface area contributed by atoms with Crippen molar-refractivity contribution >= 4 is 21.6 Å². The number of ether oxygens (including phenoxy) is 2. The van der Waals surface area contributed by atoms with Crippen LogP contribution in [0, 0.1) is 0 Å². The van der Waals surface area contributed by atoms with Crippen LogP contribution in [-0.2, 0) is 19.6 Å². The first kappa shape index (κ1) is 17.7. The summed E-state index contributed by atoms with van der Waals surface area (Å²) in [7, 11) is -3.64. The standard InChI is InChI=1S/C14H21N3O5S/c1-2-22-13-4-3-11(9-12(13)16-14(18)10-15)23(19,20)17-5-7-21-8-6-17/h3-4,9H,2,5-8,10,15H2,1H3,(H,16,18). The summed E-state index contributed by atoms with van der Waals surface area (Å²) >= 11 is 0. The Bertz CT molecular complexity index is 656. The summed E-state index contributed by atoms with van der Waals surface area (Å²) < 4.78 is 37.3. The molecule has 1 fully saturated rings. The van der Waals surface area contributed by atoms with E-state index in [1.54, 1.807) is 6.92 Å². The number of anilines is 1. The summed E-state index contributed by atoms with van der Waals surface area (Å²) in [6.07, 6.45) is 0. The van der Waals surface area contributed by atoms with Gasteiger partial charge in [0.1, 0.15) is 5.75 Å². The zero-order valence-corrected chi connectivity index (χ0v) is 13.8. The van der Waals surface area contributed by atoms with E-state index in [1.165, 1.54) is 22.5 Å². The van der Waals surface area contributed by atoms with Gasteiger partial charge >= 0.3 is 0 Å². The molecule has 0 saturated carbocycles. The Morgan fingerprint density at radius 3 is 2.70 bits per heavy atom. The third-order valence-corrected chi connectivity index (χ3v) is 5.21. The van der Waals surface area contributed by atoms with Gasteiger partial charge in [-0.3, -0.25) is 4.79 Å². The first-order valence-corrected chi connectivity index (χ1v) is 8.77. The second kappa shape index (κ2) is 7.73. The molecular weight excluding hydrogens is 322 g/mol. The van der Waals surface area contributed by atoms with Crippen molar-refractivity contribution in [2.24, 2.45) is 5.73 Å². The summed E-state index contributed by atoms with van der Waals surface area (Å²) in [6.45, 7) is 3.33. The maximum atomic E-state index is 12.7. The molecule has 1 aromatic rings. The molecule has 23 heavy (non-hydrogen) atoms. The number of benzene rings is 1. The summed E-state index contributed by atoms with van der Waals surface area (Å²) in [5.74, 6) is -0.0258. The van der Waals surface area contributed by atoms with Crippen LogP contribution in [0.1, 0.15) is 6.92 Å². The maximum absolute atomic E-state index is 12.7. The molecule has 0 unspecified atom stereocenters. The summed E-state index contributed by atoms with van der Waals surface area (Å²) in [4.78, 5) is 11.6. The largest absolute Gasteiger partial charge is 0.492 e. The number of amides is 1. The molecule has 2 rings (SSSR count). The minimum atomic E-state index is -3.64. The lowest BCUT2D eigenvalue weighted by molar-refractivity contribution is -0.114. The average Bonchev–Trinajstić information content (AvgIpc) is 2.57. The Morgan fingerprint density at radius 1 is 1.39 bits per heavy atom. The fraction of sp³-hybridized carbons (Fsp3) is 0.500. The predicted molar refractivity (Wildman–Crippen MR) is 84.9 cm³/mol. The zero-order valence-electron chi connectivity index (χ0n) is 12.9. The fourth-order valence-corrected chi connectivity index (χ4v) is 3.62. The van der Waals surface area contributed by atoms with E-state index in [0.29, 0.717) is 38.7 Å². The molecule has 0 atom stereocenters. The van der Waals surface area contributed by atoms with E-state index in [-0.39, 0.29) is 17.1 Å².